The van der Waals surface area contributed by atoms with Gasteiger partial charge >= 0.3 is 6.03 Å². The number of rotatable bonds is 4. The van der Waals surface area contributed by atoms with Crippen molar-refractivity contribution in [1.82, 2.24) is 4.57 Å². The molecule has 0 atom stereocenters. The lowest BCUT2D eigenvalue weighted by atomic mass is 10.1. The SMILES string of the molecule is O=C(Nc1ccc(N2CCCCC2)cc1)Nc1ccc(-n2cccc2)cc1. The van der Waals surface area contributed by atoms with Gasteiger partial charge in [-0.2, -0.15) is 0 Å². The molecular weight excluding hydrogens is 336 g/mol. The first-order valence-corrected chi connectivity index (χ1v) is 9.44. The van der Waals surface area contributed by atoms with E-state index >= 15 is 0 Å². The number of amides is 2. The molecular formula is C22H24N4O. The van der Waals surface area contributed by atoms with Crippen molar-refractivity contribution in [2.24, 2.45) is 0 Å². The summed E-state index contributed by atoms with van der Waals surface area (Å²) in [6.07, 6.45) is 7.81. The van der Waals surface area contributed by atoms with Crippen molar-refractivity contribution in [2.75, 3.05) is 28.6 Å². The minimum Gasteiger partial charge on any atom is -0.372 e. The van der Waals surface area contributed by atoms with E-state index in [9.17, 15) is 4.79 Å². The van der Waals surface area contributed by atoms with E-state index in [-0.39, 0.29) is 6.03 Å². The summed E-state index contributed by atoms with van der Waals surface area (Å²) in [5, 5.41) is 5.76. The molecule has 0 aliphatic carbocycles. The van der Waals surface area contributed by atoms with E-state index in [0.717, 1.165) is 30.2 Å². The molecule has 5 heteroatoms. The highest BCUT2D eigenvalue weighted by Gasteiger charge is 2.11. The van der Waals surface area contributed by atoms with E-state index in [1.807, 2.05) is 65.5 Å². The van der Waals surface area contributed by atoms with Crippen LogP contribution in [-0.4, -0.2) is 23.7 Å². The number of carbonyl (C=O) groups excluding carboxylic acids is 1. The van der Waals surface area contributed by atoms with E-state index in [1.54, 1.807) is 0 Å². The Morgan fingerprint density at radius 2 is 1.22 bits per heavy atom. The molecule has 2 N–H and O–H groups in total. The maximum absolute atomic E-state index is 12.2. The van der Waals surface area contributed by atoms with Gasteiger partial charge in [-0.3, -0.25) is 0 Å². The zero-order chi connectivity index (χ0) is 18.5. The van der Waals surface area contributed by atoms with Crippen molar-refractivity contribution < 1.29 is 4.79 Å². The molecule has 0 bridgehead atoms. The second-order valence-electron chi connectivity index (χ2n) is 6.81. The number of hydrogen-bond donors (Lipinski definition) is 2. The van der Waals surface area contributed by atoms with Gasteiger partial charge in [-0.25, -0.2) is 4.79 Å². The number of piperidine rings is 1. The highest BCUT2D eigenvalue weighted by atomic mass is 16.2. The zero-order valence-corrected chi connectivity index (χ0v) is 15.3. The molecule has 1 aliphatic heterocycles. The van der Waals surface area contributed by atoms with Crippen LogP contribution in [-0.2, 0) is 0 Å². The van der Waals surface area contributed by atoms with Crippen LogP contribution in [0.1, 0.15) is 19.3 Å². The molecule has 1 saturated heterocycles. The summed E-state index contributed by atoms with van der Waals surface area (Å²) in [7, 11) is 0. The van der Waals surface area contributed by atoms with Gasteiger partial charge in [-0.1, -0.05) is 0 Å². The Morgan fingerprint density at radius 3 is 1.78 bits per heavy atom. The molecule has 4 rings (SSSR count). The molecule has 138 valence electrons. The first kappa shape index (κ1) is 17.2. The number of benzene rings is 2. The second-order valence-corrected chi connectivity index (χ2v) is 6.81. The molecule has 0 spiro atoms. The van der Waals surface area contributed by atoms with Crippen molar-refractivity contribution in [3.63, 3.8) is 0 Å². The van der Waals surface area contributed by atoms with Crippen LogP contribution in [0.4, 0.5) is 21.9 Å². The largest absolute Gasteiger partial charge is 0.372 e. The van der Waals surface area contributed by atoms with Crippen molar-refractivity contribution in [1.29, 1.82) is 0 Å². The third-order valence-corrected chi connectivity index (χ3v) is 4.87. The van der Waals surface area contributed by atoms with Crippen LogP contribution in [0.15, 0.2) is 73.1 Å². The standard InChI is InChI=1S/C22H24N4O/c27-22(24-19-8-12-21(13-9-19)26-16-4-5-17-26)23-18-6-10-20(11-7-18)25-14-2-1-3-15-25/h4-13,16-17H,1-3,14-15H2,(H2,23,24,27). The van der Waals surface area contributed by atoms with Crippen LogP contribution >= 0.6 is 0 Å². The Morgan fingerprint density at radius 1 is 0.704 bits per heavy atom. The maximum Gasteiger partial charge on any atom is 0.323 e. The predicted molar refractivity (Wildman–Crippen MR) is 111 cm³/mol. The van der Waals surface area contributed by atoms with E-state index in [0.29, 0.717) is 0 Å². The van der Waals surface area contributed by atoms with E-state index in [2.05, 4.69) is 27.7 Å². The van der Waals surface area contributed by atoms with Crippen molar-refractivity contribution in [3.8, 4) is 5.69 Å². The third-order valence-electron chi connectivity index (χ3n) is 4.87. The molecule has 2 heterocycles. The predicted octanol–water partition coefficient (Wildman–Crippen LogP) is 5.11. The van der Waals surface area contributed by atoms with Crippen LogP contribution in [0.25, 0.3) is 5.69 Å². The van der Waals surface area contributed by atoms with Gasteiger partial charge in [0.2, 0.25) is 0 Å². The Hall–Kier alpha value is -3.21. The molecule has 27 heavy (non-hydrogen) atoms. The average molecular weight is 360 g/mol. The highest BCUT2D eigenvalue weighted by molar-refractivity contribution is 5.99. The van der Waals surface area contributed by atoms with Gasteiger partial charge in [0.1, 0.15) is 0 Å². The number of urea groups is 1. The van der Waals surface area contributed by atoms with Crippen molar-refractivity contribution in [3.05, 3.63) is 73.1 Å². The van der Waals surface area contributed by atoms with Crippen LogP contribution in [0.3, 0.4) is 0 Å². The lowest BCUT2D eigenvalue weighted by molar-refractivity contribution is 0.262. The Kier molecular flexibility index (Phi) is 5.10. The summed E-state index contributed by atoms with van der Waals surface area (Å²) < 4.78 is 2.02. The van der Waals surface area contributed by atoms with Crippen LogP contribution < -0.4 is 15.5 Å². The van der Waals surface area contributed by atoms with Gasteiger partial charge in [0.05, 0.1) is 0 Å². The normalized spacial score (nSPS) is 14.0. The second kappa shape index (κ2) is 7.99. The van der Waals surface area contributed by atoms with Gasteiger partial charge in [0.15, 0.2) is 0 Å². The van der Waals surface area contributed by atoms with Crippen LogP contribution in [0, 0.1) is 0 Å². The molecule has 1 aliphatic rings. The van der Waals surface area contributed by atoms with Gasteiger partial charge in [-0.05, 0) is 79.9 Å². The van der Waals surface area contributed by atoms with Gasteiger partial charge in [0, 0.05) is 48.2 Å². The summed E-state index contributed by atoms with van der Waals surface area (Å²) >= 11 is 0. The van der Waals surface area contributed by atoms with E-state index < -0.39 is 0 Å². The monoisotopic (exact) mass is 360 g/mol. The highest BCUT2D eigenvalue weighted by Crippen LogP contribution is 2.22. The zero-order valence-electron chi connectivity index (χ0n) is 15.3. The minimum atomic E-state index is -0.241. The molecule has 2 amide bonds. The number of nitrogens with zero attached hydrogens (tertiary/aromatic N) is 2. The Labute approximate surface area is 159 Å². The number of carbonyl (C=O) groups is 1. The lowest BCUT2D eigenvalue weighted by Crippen LogP contribution is -2.29. The Balaban J connectivity index is 1.33. The van der Waals surface area contributed by atoms with Crippen LogP contribution in [0.5, 0.6) is 0 Å². The molecule has 3 aromatic rings. The van der Waals surface area contributed by atoms with E-state index in [4.69, 9.17) is 0 Å². The molecule has 0 radical (unpaired) electrons. The van der Waals surface area contributed by atoms with Crippen LogP contribution in [0.2, 0.25) is 0 Å². The summed E-state index contributed by atoms with van der Waals surface area (Å²) in [5.74, 6) is 0. The molecule has 5 nitrogen and oxygen atoms in total. The van der Waals surface area contributed by atoms with Gasteiger partial charge in [0.25, 0.3) is 0 Å². The molecule has 2 aromatic carbocycles. The van der Waals surface area contributed by atoms with Gasteiger partial charge < -0.3 is 20.1 Å². The maximum atomic E-state index is 12.2. The molecule has 1 fully saturated rings. The quantitative estimate of drug-likeness (QED) is 0.679. The minimum absolute atomic E-state index is 0.241. The smallest absolute Gasteiger partial charge is 0.323 e. The summed E-state index contributed by atoms with van der Waals surface area (Å²) in [5.41, 5.74) is 3.83. The fourth-order valence-electron chi connectivity index (χ4n) is 3.42. The number of aromatic nitrogens is 1. The fourth-order valence-corrected chi connectivity index (χ4v) is 3.42. The molecule has 0 unspecified atom stereocenters. The number of anilines is 3. The van der Waals surface area contributed by atoms with Crippen molar-refractivity contribution in [2.45, 2.75) is 19.3 Å². The third kappa shape index (κ3) is 4.31. The van der Waals surface area contributed by atoms with Crippen molar-refractivity contribution >= 4 is 23.1 Å². The number of nitrogens with one attached hydrogen (secondary N) is 2. The summed E-state index contributed by atoms with van der Waals surface area (Å²) in [4.78, 5) is 14.6. The van der Waals surface area contributed by atoms with E-state index in [1.165, 1.54) is 24.9 Å². The summed E-state index contributed by atoms with van der Waals surface area (Å²) in [6, 6.07) is 19.5. The lowest BCUT2D eigenvalue weighted by Gasteiger charge is -2.28. The first-order valence-electron chi connectivity index (χ1n) is 9.44. The topological polar surface area (TPSA) is 49.3 Å². The first-order chi connectivity index (χ1) is 13.3. The fraction of sp³-hybridized carbons (Fsp3) is 0.227. The molecule has 0 saturated carbocycles. The summed E-state index contributed by atoms with van der Waals surface area (Å²) in [6.45, 7) is 2.23. The average Bonchev–Trinajstić information content (AvgIpc) is 3.25. The number of hydrogen-bond acceptors (Lipinski definition) is 2. The molecule has 1 aromatic heterocycles. The van der Waals surface area contributed by atoms with Gasteiger partial charge in [-0.15, -0.1) is 0 Å². The Bertz CT molecular complexity index is 864.